The first-order chi connectivity index (χ1) is 13.6. The molecule has 3 aromatic carbocycles. The third-order valence-corrected chi connectivity index (χ3v) is 5.80. The van der Waals surface area contributed by atoms with E-state index in [1.54, 1.807) is 0 Å². The maximum atomic E-state index is 14.6. The molecule has 3 aromatic rings. The molecule has 0 unspecified atom stereocenters. The fraction of sp³-hybridized carbons (Fsp3) is 0.217. The van der Waals surface area contributed by atoms with E-state index in [1.807, 2.05) is 42.5 Å². The first-order valence-corrected chi connectivity index (χ1v) is 9.75. The van der Waals surface area contributed by atoms with Gasteiger partial charge in [0.15, 0.2) is 0 Å². The molecule has 0 amide bonds. The monoisotopic (exact) mass is 397 g/mol. The van der Waals surface area contributed by atoms with E-state index in [4.69, 9.17) is 16.3 Å². The van der Waals surface area contributed by atoms with Crippen LogP contribution in [0, 0.1) is 11.6 Å². The normalized spacial score (nSPS) is 20.4. The molecule has 5 heteroatoms. The standard InChI is InChI=1S/C23H18ClF2NO/c24-15-10-19(25)22(20(26)11-15)14-8-16(13-4-2-1-3-5-13)23-17(9-14)18-12-27-7-6-21(18)28-23/h1-5,8-11,18,21,27H,6-7,12H2/t18-,21-/m0/s1. The first-order valence-electron chi connectivity index (χ1n) is 9.37. The Labute approximate surface area is 167 Å². The second-order valence-electron chi connectivity index (χ2n) is 7.31. The summed E-state index contributed by atoms with van der Waals surface area (Å²) in [6.07, 6.45) is 1.00. The molecule has 28 heavy (non-hydrogen) atoms. The van der Waals surface area contributed by atoms with Gasteiger partial charge in [0, 0.05) is 28.6 Å². The molecule has 1 saturated heterocycles. The molecule has 0 aromatic heterocycles. The summed E-state index contributed by atoms with van der Waals surface area (Å²) in [7, 11) is 0. The number of benzene rings is 3. The highest BCUT2D eigenvalue weighted by atomic mass is 35.5. The van der Waals surface area contributed by atoms with Crippen molar-refractivity contribution in [3.8, 4) is 28.0 Å². The third kappa shape index (κ3) is 2.88. The van der Waals surface area contributed by atoms with Crippen LogP contribution in [0.3, 0.4) is 0 Å². The zero-order valence-corrected chi connectivity index (χ0v) is 15.8. The third-order valence-electron chi connectivity index (χ3n) is 5.59. The van der Waals surface area contributed by atoms with Crippen LogP contribution in [0.25, 0.3) is 22.3 Å². The molecule has 1 N–H and O–H groups in total. The van der Waals surface area contributed by atoms with Crippen LogP contribution in [0.4, 0.5) is 8.78 Å². The van der Waals surface area contributed by atoms with E-state index in [0.29, 0.717) is 5.56 Å². The zero-order chi connectivity index (χ0) is 19.3. The smallest absolute Gasteiger partial charge is 0.135 e. The lowest BCUT2D eigenvalue weighted by Crippen LogP contribution is -2.37. The van der Waals surface area contributed by atoms with Gasteiger partial charge < -0.3 is 10.1 Å². The molecule has 142 valence electrons. The zero-order valence-electron chi connectivity index (χ0n) is 15.0. The summed E-state index contributed by atoms with van der Waals surface area (Å²) in [5.74, 6) is -0.338. The Hall–Kier alpha value is -2.43. The van der Waals surface area contributed by atoms with Gasteiger partial charge in [-0.15, -0.1) is 0 Å². The second kappa shape index (κ2) is 6.87. The van der Waals surface area contributed by atoms with Crippen LogP contribution in [0.15, 0.2) is 54.6 Å². The Morgan fingerprint density at radius 1 is 0.964 bits per heavy atom. The predicted molar refractivity (Wildman–Crippen MR) is 107 cm³/mol. The minimum absolute atomic E-state index is 0.0445. The van der Waals surface area contributed by atoms with Gasteiger partial charge in [-0.05, 0) is 48.4 Å². The lowest BCUT2D eigenvalue weighted by molar-refractivity contribution is 0.173. The van der Waals surface area contributed by atoms with E-state index >= 15 is 0 Å². The fourth-order valence-corrected chi connectivity index (χ4v) is 4.48. The Morgan fingerprint density at radius 2 is 1.71 bits per heavy atom. The molecule has 2 aliphatic heterocycles. The molecule has 0 bridgehead atoms. The van der Waals surface area contributed by atoms with E-state index < -0.39 is 11.6 Å². The van der Waals surface area contributed by atoms with Crippen molar-refractivity contribution in [3.05, 3.63) is 76.8 Å². The molecular formula is C23H18ClF2NO. The Balaban J connectivity index is 1.75. The van der Waals surface area contributed by atoms with Gasteiger partial charge in [-0.25, -0.2) is 8.78 Å². The summed E-state index contributed by atoms with van der Waals surface area (Å²) in [5, 5.41) is 3.44. The maximum absolute atomic E-state index is 14.6. The van der Waals surface area contributed by atoms with Crippen molar-refractivity contribution in [1.29, 1.82) is 0 Å². The van der Waals surface area contributed by atoms with E-state index in [0.717, 1.165) is 54.1 Å². The van der Waals surface area contributed by atoms with Gasteiger partial charge in [0.05, 0.1) is 5.56 Å². The molecule has 2 atom stereocenters. The van der Waals surface area contributed by atoms with Crippen LogP contribution in [0.2, 0.25) is 5.02 Å². The maximum Gasteiger partial charge on any atom is 0.135 e. The largest absolute Gasteiger partial charge is 0.489 e. The summed E-state index contributed by atoms with van der Waals surface area (Å²) < 4.78 is 35.6. The Morgan fingerprint density at radius 3 is 2.46 bits per heavy atom. The van der Waals surface area contributed by atoms with Gasteiger partial charge in [-0.3, -0.25) is 0 Å². The fourth-order valence-electron chi connectivity index (χ4n) is 4.29. The minimum atomic E-state index is -0.666. The summed E-state index contributed by atoms with van der Waals surface area (Å²) in [6, 6.07) is 15.8. The summed E-state index contributed by atoms with van der Waals surface area (Å²) in [6.45, 7) is 1.70. The Kier molecular flexibility index (Phi) is 4.33. The lowest BCUT2D eigenvalue weighted by atomic mass is 9.87. The highest BCUT2D eigenvalue weighted by molar-refractivity contribution is 6.30. The lowest BCUT2D eigenvalue weighted by Gasteiger charge is -2.24. The number of rotatable bonds is 2. The molecular weight excluding hydrogens is 380 g/mol. The number of halogens is 3. The molecule has 2 heterocycles. The van der Waals surface area contributed by atoms with Gasteiger partial charge in [0.2, 0.25) is 0 Å². The molecule has 0 radical (unpaired) electrons. The quantitative estimate of drug-likeness (QED) is 0.591. The van der Waals surface area contributed by atoms with Gasteiger partial charge in [0.25, 0.3) is 0 Å². The molecule has 5 rings (SSSR count). The van der Waals surface area contributed by atoms with Gasteiger partial charge in [-0.2, -0.15) is 0 Å². The average Bonchev–Trinajstić information content (AvgIpc) is 3.06. The number of hydrogen-bond donors (Lipinski definition) is 1. The summed E-state index contributed by atoms with van der Waals surface area (Å²) in [4.78, 5) is 0. The minimum Gasteiger partial charge on any atom is -0.489 e. The van der Waals surface area contributed by atoms with Crippen LogP contribution < -0.4 is 10.1 Å². The van der Waals surface area contributed by atoms with Crippen molar-refractivity contribution in [3.63, 3.8) is 0 Å². The number of nitrogens with one attached hydrogen (secondary N) is 1. The Bertz CT molecular complexity index is 1030. The average molecular weight is 398 g/mol. The van der Waals surface area contributed by atoms with Crippen molar-refractivity contribution in [2.45, 2.75) is 18.4 Å². The molecule has 0 saturated carbocycles. The molecule has 2 aliphatic rings. The van der Waals surface area contributed by atoms with E-state index in [9.17, 15) is 8.78 Å². The van der Waals surface area contributed by atoms with Crippen molar-refractivity contribution in [2.75, 3.05) is 13.1 Å². The highest BCUT2D eigenvalue weighted by Crippen LogP contribution is 2.48. The van der Waals surface area contributed by atoms with Crippen molar-refractivity contribution in [2.24, 2.45) is 0 Å². The number of ether oxygens (including phenoxy) is 1. The summed E-state index contributed by atoms with van der Waals surface area (Å²) >= 11 is 5.81. The van der Waals surface area contributed by atoms with E-state index in [2.05, 4.69) is 5.32 Å². The van der Waals surface area contributed by atoms with Gasteiger partial charge in [-0.1, -0.05) is 41.9 Å². The predicted octanol–water partition coefficient (Wildman–Crippen LogP) is 5.79. The van der Waals surface area contributed by atoms with Gasteiger partial charge >= 0.3 is 0 Å². The number of fused-ring (bicyclic) bond motifs is 3. The van der Waals surface area contributed by atoms with E-state index in [1.165, 1.54) is 0 Å². The van der Waals surface area contributed by atoms with E-state index in [-0.39, 0.29) is 22.6 Å². The van der Waals surface area contributed by atoms with Gasteiger partial charge in [0.1, 0.15) is 23.5 Å². The van der Waals surface area contributed by atoms with Crippen molar-refractivity contribution < 1.29 is 13.5 Å². The second-order valence-corrected chi connectivity index (χ2v) is 7.74. The number of piperidine rings is 1. The topological polar surface area (TPSA) is 21.3 Å². The van der Waals surface area contributed by atoms with Crippen molar-refractivity contribution >= 4 is 11.6 Å². The molecule has 0 spiro atoms. The summed E-state index contributed by atoms with van der Waals surface area (Å²) in [5.41, 5.74) is 3.26. The van der Waals surface area contributed by atoms with Crippen LogP contribution >= 0.6 is 11.6 Å². The van der Waals surface area contributed by atoms with Crippen LogP contribution in [-0.2, 0) is 0 Å². The van der Waals surface area contributed by atoms with Crippen LogP contribution in [-0.4, -0.2) is 19.2 Å². The first kappa shape index (κ1) is 17.7. The molecule has 0 aliphatic carbocycles. The molecule has 1 fully saturated rings. The van der Waals surface area contributed by atoms with Crippen LogP contribution in [0.5, 0.6) is 5.75 Å². The van der Waals surface area contributed by atoms with Crippen molar-refractivity contribution in [1.82, 2.24) is 5.32 Å². The number of hydrogen-bond acceptors (Lipinski definition) is 2. The SMILES string of the molecule is Fc1cc(Cl)cc(F)c1-c1cc(-c2ccccc2)c2c(c1)[C@@H]1CNCC[C@@H]1O2. The highest BCUT2D eigenvalue weighted by Gasteiger charge is 2.38. The molecule has 2 nitrogen and oxygen atoms in total. The van der Waals surface area contributed by atoms with Crippen LogP contribution in [0.1, 0.15) is 17.9 Å².